The highest BCUT2D eigenvalue weighted by atomic mass is 28.4. The predicted octanol–water partition coefficient (Wildman–Crippen LogP) is 3.28. The van der Waals surface area contributed by atoms with Crippen LogP contribution < -0.4 is 0 Å². The zero-order valence-electron chi connectivity index (χ0n) is 15.0. The summed E-state index contributed by atoms with van der Waals surface area (Å²) < 4.78 is 11.9. The summed E-state index contributed by atoms with van der Waals surface area (Å²) in [6.45, 7) is 16.6. The fourth-order valence-electron chi connectivity index (χ4n) is 2.13. The standard InChI is InChI=1S/C16H33NO3Si/c1-12(2)15(18)20-14-9-13(17(6)10-14)11-19-21(7,8)16(3,4)5/h12-14H,9-11H2,1-8H3/t13-,14+/m0/s1. The van der Waals surface area contributed by atoms with Crippen molar-refractivity contribution >= 4 is 14.3 Å². The minimum Gasteiger partial charge on any atom is -0.461 e. The summed E-state index contributed by atoms with van der Waals surface area (Å²) in [4.78, 5) is 14.0. The van der Waals surface area contributed by atoms with E-state index in [1.807, 2.05) is 13.8 Å². The van der Waals surface area contributed by atoms with Gasteiger partial charge in [-0.3, -0.25) is 9.69 Å². The number of likely N-dealkylation sites (N-methyl/N-ethyl adjacent to an activating group) is 1. The maximum absolute atomic E-state index is 11.7. The van der Waals surface area contributed by atoms with Crippen LogP contribution in [0, 0.1) is 5.92 Å². The van der Waals surface area contributed by atoms with E-state index in [0.717, 1.165) is 19.6 Å². The maximum atomic E-state index is 11.7. The molecule has 0 spiro atoms. The molecule has 0 N–H and O–H groups in total. The van der Waals surface area contributed by atoms with Crippen molar-refractivity contribution in [3.8, 4) is 0 Å². The molecule has 4 nitrogen and oxygen atoms in total. The fraction of sp³-hybridized carbons (Fsp3) is 0.938. The minimum atomic E-state index is -1.71. The third kappa shape index (κ3) is 5.08. The van der Waals surface area contributed by atoms with Gasteiger partial charge in [0.05, 0.1) is 5.92 Å². The Hall–Kier alpha value is -0.393. The van der Waals surface area contributed by atoms with E-state index in [0.29, 0.717) is 6.04 Å². The highest BCUT2D eigenvalue weighted by Gasteiger charge is 2.39. The first-order valence-electron chi connectivity index (χ1n) is 7.98. The molecule has 1 aliphatic heterocycles. The smallest absolute Gasteiger partial charge is 0.308 e. The number of carbonyl (C=O) groups excluding carboxylic acids is 1. The van der Waals surface area contributed by atoms with Crippen molar-refractivity contribution in [1.82, 2.24) is 4.90 Å². The zero-order chi connectivity index (χ0) is 16.4. The van der Waals surface area contributed by atoms with Gasteiger partial charge in [0.1, 0.15) is 6.10 Å². The number of hydrogen-bond acceptors (Lipinski definition) is 4. The van der Waals surface area contributed by atoms with Gasteiger partial charge in [0.2, 0.25) is 0 Å². The van der Waals surface area contributed by atoms with Gasteiger partial charge in [-0.2, -0.15) is 0 Å². The lowest BCUT2D eigenvalue weighted by Gasteiger charge is -2.37. The lowest BCUT2D eigenvalue weighted by Crippen LogP contribution is -2.44. The van der Waals surface area contributed by atoms with E-state index in [-0.39, 0.29) is 23.0 Å². The Kier molecular flexibility index (Phi) is 6.04. The summed E-state index contributed by atoms with van der Waals surface area (Å²) in [5.74, 6) is -0.155. The molecular formula is C16H33NO3Si. The molecule has 0 aromatic heterocycles. The first kappa shape index (κ1) is 18.7. The van der Waals surface area contributed by atoms with Gasteiger partial charge in [-0.05, 0) is 25.2 Å². The average Bonchev–Trinajstić information content (AvgIpc) is 2.65. The predicted molar refractivity (Wildman–Crippen MR) is 88.9 cm³/mol. The molecule has 0 aliphatic carbocycles. The molecule has 2 atom stereocenters. The third-order valence-electron chi connectivity index (χ3n) is 4.85. The Labute approximate surface area is 131 Å². The molecule has 0 saturated carbocycles. The van der Waals surface area contributed by atoms with Gasteiger partial charge in [-0.25, -0.2) is 0 Å². The van der Waals surface area contributed by atoms with Gasteiger partial charge >= 0.3 is 5.97 Å². The Bertz CT molecular complexity index is 363. The van der Waals surface area contributed by atoms with E-state index < -0.39 is 8.32 Å². The number of ether oxygens (including phenoxy) is 1. The summed E-state index contributed by atoms with van der Waals surface area (Å²) in [5.41, 5.74) is 0. The minimum absolute atomic E-state index is 0.0120. The summed E-state index contributed by atoms with van der Waals surface area (Å²) in [6.07, 6.45) is 0.891. The van der Waals surface area contributed by atoms with Crippen LogP contribution in [0.1, 0.15) is 41.0 Å². The molecule has 1 rings (SSSR count). The summed E-state index contributed by atoms with van der Waals surface area (Å²) in [5, 5.41) is 0.230. The van der Waals surface area contributed by atoms with Gasteiger partial charge in [-0.1, -0.05) is 34.6 Å². The molecular weight excluding hydrogens is 282 g/mol. The number of carbonyl (C=O) groups is 1. The fourth-order valence-corrected chi connectivity index (χ4v) is 3.17. The van der Waals surface area contributed by atoms with Gasteiger partial charge in [0.15, 0.2) is 8.32 Å². The Morgan fingerprint density at radius 2 is 1.90 bits per heavy atom. The summed E-state index contributed by atoms with van der Waals surface area (Å²) in [6, 6.07) is 0.351. The first-order valence-corrected chi connectivity index (χ1v) is 10.9. The highest BCUT2D eigenvalue weighted by Crippen LogP contribution is 2.37. The molecule has 0 unspecified atom stereocenters. The van der Waals surface area contributed by atoms with Crippen LogP contribution in [0.5, 0.6) is 0 Å². The Morgan fingerprint density at radius 1 is 1.33 bits per heavy atom. The van der Waals surface area contributed by atoms with Crippen molar-refractivity contribution in [3.63, 3.8) is 0 Å². The van der Waals surface area contributed by atoms with Crippen molar-refractivity contribution in [2.24, 2.45) is 5.92 Å². The second-order valence-electron chi connectivity index (χ2n) is 8.11. The van der Waals surface area contributed by atoms with Gasteiger partial charge in [-0.15, -0.1) is 0 Å². The Morgan fingerprint density at radius 3 is 2.38 bits per heavy atom. The normalized spacial score (nSPS) is 24.6. The molecule has 0 radical (unpaired) electrons. The van der Waals surface area contributed by atoms with Crippen LogP contribution in [0.4, 0.5) is 0 Å². The second kappa shape index (κ2) is 6.80. The van der Waals surface area contributed by atoms with E-state index in [4.69, 9.17) is 9.16 Å². The molecule has 1 saturated heterocycles. The maximum Gasteiger partial charge on any atom is 0.308 e. The van der Waals surface area contributed by atoms with Gasteiger partial charge < -0.3 is 9.16 Å². The van der Waals surface area contributed by atoms with Gasteiger partial charge in [0, 0.05) is 25.6 Å². The lowest BCUT2D eigenvalue weighted by molar-refractivity contribution is -0.152. The van der Waals surface area contributed by atoms with E-state index in [1.54, 1.807) is 0 Å². The molecule has 124 valence electrons. The van der Waals surface area contributed by atoms with E-state index in [9.17, 15) is 4.79 Å². The Balaban J connectivity index is 2.49. The summed E-state index contributed by atoms with van der Waals surface area (Å²) in [7, 11) is 0.378. The topological polar surface area (TPSA) is 38.8 Å². The molecule has 1 fully saturated rings. The molecule has 1 heterocycles. The van der Waals surface area contributed by atoms with E-state index >= 15 is 0 Å². The number of esters is 1. The third-order valence-corrected chi connectivity index (χ3v) is 9.35. The molecule has 0 aromatic carbocycles. The van der Waals surface area contributed by atoms with Crippen LogP contribution in [0.3, 0.4) is 0 Å². The SMILES string of the molecule is CC(C)C(=O)O[C@@H]1C[C@@H](CO[Si](C)(C)C(C)(C)C)N(C)C1. The number of rotatable bonds is 5. The van der Waals surface area contributed by atoms with Crippen molar-refractivity contribution in [2.75, 3.05) is 20.2 Å². The van der Waals surface area contributed by atoms with Crippen molar-refractivity contribution < 1.29 is 14.0 Å². The first-order chi connectivity index (χ1) is 9.44. The molecule has 21 heavy (non-hydrogen) atoms. The summed E-state index contributed by atoms with van der Waals surface area (Å²) >= 11 is 0. The molecule has 1 aliphatic rings. The number of nitrogens with zero attached hydrogens (tertiary/aromatic N) is 1. The van der Waals surface area contributed by atoms with Gasteiger partial charge in [0.25, 0.3) is 0 Å². The van der Waals surface area contributed by atoms with E-state index in [2.05, 4.69) is 45.8 Å². The molecule has 5 heteroatoms. The number of likely N-dealkylation sites (tertiary alicyclic amines) is 1. The quantitative estimate of drug-likeness (QED) is 0.576. The second-order valence-corrected chi connectivity index (χ2v) is 12.9. The average molecular weight is 316 g/mol. The van der Waals surface area contributed by atoms with Crippen LogP contribution in [-0.4, -0.2) is 51.5 Å². The van der Waals surface area contributed by atoms with Crippen LogP contribution in [0.15, 0.2) is 0 Å². The van der Waals surface area contributed by atoms with Crippen LogP contribution in [-0.2, 0) is 14.0 Å². The van der Waals surface area contributed by atoms with Crippen molar-refractivity contribution in [2.45, 2.75) is 71.3 Å². The molecule has 0 aromatic rings. The number of hydrogen-bond donors (Lipinski definition) is 0. The van der Waals surface area contributed by atoms with Crippen LogP contribution in [0.2, 0.25) is 18.1 Å². The van der Waals surface area contributed by atoms with Crippen LogP contribution >= 0.6 is 0 Å². The van der Waals surface area contributed by atoms with Crippen molar-refractivity contribution in [1.29, 1.82) is 0 Å². The van der Waals surface area contributed by atoms with Crippen molar-refractivity contribution in [3.05, 3.63) is 0 Å². The lowest BCUT2D eigenvalue weighted by atomic mass is 10.2. The molecule has 0 amide bonds. The monoisotopic (exact) mass is 315 g/mol. The zero-order valence-corrected chi connectivity index (χ0v) is 16.0. The highest BCUT2D eigenvalue weighted by molar-refractivity contribution is 6.74. The van der Waals surface area contributed by atoms with E-state index in [1.165, 1.54) is 0 Å². The largest absolute Gasteiger partial charge is 0.461 e. The van der Waals surface area contributed by atoms with Crippen LogP contribution in [0.25, 0.3) is 0 Å². The molecule has 0 bridgehead atoms.